The van der Waals surface area contributed by atoms with Crippen LogP contribution in [0.15, 0.2) is 94.1 Å². The molecule has 0 bridgehead atoms. The van der Waals surface area contributed by atoms with Crippen LogP contribution in [-0.2, 0) is 0 Å². The van der Waals surface area contributed by atoms with Crippen LogP contribution in [0.3, 0.4) is 0 Å². The second-order valence-electron chi connectivity index (χ2n) is 7.44. The van der Waals surface area contributed by atoms with Crippen molar-refractivity contribution in [1.29, 1.82) is 0 Å². The summed E-state index contributed by atoms with van der Waals surface area (Å²) in [7, 11) is 0. The van der Waals surface area contributed by atoms with Gasteiger partial charge in [0.1, 0.15) is 0 Å². The smallest absolute Gasteiger partial charge is 0.344 e. The summed E-state index contributed by atoms with van der Waals surface area (Å²) in [6.07, 6.45) is 0. The fraction of sp³-hybridized carbons (Fsp3) is 0. The maximum atomic E-state index is 13.3. The van der Waals surface area contributed by atoms with Gasteiger partial charge >= 0.3 is 5.63 Å². The first kappa shape index (κ1) is 22.1. The van der Waals surface area contributed by atoms with E-state index in [-0.39, 0.29) is 10.6 Å². The monoisotopic (exact) mass is 510 g/mol. The third-order valence-corrected chi connectivity index (χ3v) is 6.50. The molecule has 0 amide bonds. The molecule has 0 aliphatic rings. The highest BCUT2D eigenvalue weighted by Crippen LogP contribution is 2.46. The molecule has 1 heterocycles. The third-order valence-electron chi connectivity index (χ3n) is 5.41. The molecular formula is C27H14Cl4O2. The van der Waals surface area contributed by atoms with E-state index in [0.717, 1.165) is 16.7 Å². The van der Waals surface area contributed by atoms with Crippen LogP contribution in [0.25, 0.3) is 44.3 Å². The zero-order valence-corrected chi connectivity index (χ0v) is 19.9. The molecule has 1 aromatic heterocycles. The van der Waals surface area contributed by atoms with Crippen molar-refractivity contribution in [3.63, 3.8) is 0 Å². The van der Waals surface area contributed by atoms with E-state index >= 15 is 0 Å². The predicted octanol–water partition coefficient (Wildman–Crippen LogP) is 9.41. The molecule has 0 aliphatic heterocycles. The number of hydrogen-bond donors (Lipinski definition) is 0. The Morgan fingerprint density at radius 1 is 0.545 bits per heavy atom. The maximum Gasteiger partial charge on any atom is 0.344 e. The highest BCUT2D eigenvalue weighted by atomic mass is 35.5. The second kappa shape index (κ2) is 8.89. The van der Waals surface area contributed by atoms with Crippen LogP contribution in [0.2, 0.25) is 20.1 Å². The van der Waals surface area contributed by atoms with E-state index in [2.05, 4.69) is 0 Å². The lowest BCUT2D eigenvalue weighted by atomic mass is 9.89. The standard InChI is InChI=1S/C27H14Cl4O2/c28-18-10-6-16(7-11-18)23-24(17-8-12-19(29)13-9-17)27(32)33-26-21(31)14-20(30)22(25(23)26)15-4-2-1-3-5-15/h1-14H. The van der Waals surface area contributed by atoms with Crippen LogP contribution in [0.1, 0.15) is 0 Å². The zero-order valence-electron chi connectivity index (χ0n) is 16.9. The molecule has 5 rings (SSSR count). The molecule has 0 spiro atoms. The fourth-order valence-corrected chi connectivity index (χ4v) is 4.84. The summed E-state index contributed by atoms with van der Waals surface area (Å²) in [5.41, 5.74) is 3.83. The van der Waals surface area contributed by atoms with Gasteiger partial charge in [0.25, 0.3) is 0 Å². The molecule has 0 fully saturated rings. The Labute approximate surface area is 209 Å². The molecule has 0 saturated carbocycles. The largest absolute Gasteiger partial charge is 0.421 e. The van der Waals surface area contributed by atoms with E-state index < -0.39 is 5.63 Å². The van der Waals surface area contributed by atoms with Gasteiger partial charge in [-0.3, -0.25) is 0 Å². The summed E-state index contributed by atoms with van der Waals surface area (Å²) in [5.74, 6) is 0. The van der Waals surface area contributed by atoms with Gasteiger partial charge in [0.05, 0.1) is 15.6 Å². The van der Waals surface area contributed by atoms with Gasteiger partial charge in [0.15, 0.2) is 5.58 Å². The molecule has 0 aliphatic carbocycles. The lowest BCUT2D eigenvalue weighted by Crippen LogP contribution is -2.07. The first-order valence-corrected chi connectivity index (χ1v) is 11.5. The van der Waals surface area contributed by atoms with Crippen molar-refractivity contribution in [2.24, 2.45) is 0 Å². The molecule has 2 nitrogen and oxygen atoms in total. The van der Waals surface area contributed by atoms with Gasteiger partial charge in [-0.25, -0.2) is 4.79 Å². The Hall–Kier alpha value is -2.75. The van der Waals surface area contributed by atoms with Crippen LogP contribution in [-0.4, -0.2) is 0 Å². The Morgan fingerprint density at radius 2 is 1.06 bits per heavy atom. The Balaban J connectivity index is 2.03. The fourth-order valence-electron chi connectivity index (χ4n) is 3.98. The van der Waals surface area contributed by atoms with E-state index in [1.54, 1.807) is 42.5 Å². The number of benzene rings is 4. The van der Waals surface area contributed by atoms with Crippen LogP contribution >= 0.6 is 46.4 Å². The van der Waals surface area contributed by atoms with Gasteiger partial charge in [0.2, 0.25) is 0 Å². The summed E-state index contributed by atoms with van der Waals surface area (Å²) in [4.78, 5) is 13.3. The average Bonchev–Trinajstić information content (AvgIpc) is 2.81. The van der Waals surface area contributed by atoms with E-state index in [1.165, 1.54) is 0 Å². The summed E-state index contributed by atoms with van der Waals surface area (Å²) in [6, 6.07) is 25.6. The first-order chi connectivity index (χ1) is 15.9. The third kappa shape index (κ3) is 4.05. The second-order valence-corrected chi connectivity index (χ2v) is 9.13. The molecule has 0 unspecified atom stereocenters. The van der Waals surface area contributed by atoms with E-state index in [1.807, 2.05) is 42.5 Å². The minimum absolute atomic E-state index is 0.254. The maximum absolute atomic E-state index is 13.3. The zero-order chi connectivity index (χ0) is 23.1. The highest BCUT2D eigenvalue weighted by molar-refractivity contribution is 6.41. The van der Waals surface area contributed by atoms with E-state index in [0.29, 0.717) is 37.1 Å². The summed E-state index contributed by atoms with van der Waals surface area (Å²) in [6.45, 7) is 0. The van der Waals surface area contributed by atoms with E-state index in [9.17, 15) is 4.79 Å². The predicted molar refractivity (Wildman–Crippen MR) is 139 cm³/mol. The van der Waals surface area contributed by atoms with Crippen molar-refractivity contribution in [2.75, 3.05) is 0 Å². The Kier molecular flexibility index (Phi) is 5.94. The Morgan fingerprint density at radius 3 is 1.64 bits per heavy atom. The first-order valence-electron chi connectivity index (χ1n) is 10.00. The normalized spacial score (nSPS) is 11.2. The van der Waals surface area contributed by atoms with Crippen molar-refractivity contribution < 1.29 is 4.42 Å². The molecule has 5 aromatic rings. The Bertz CT molecular complexity index is 1540. The molecule has 0 saturated heterocycles. The van der Waals surface area contributed by atoms with Gasteiger partial charge in [-0.05, 0) is 47.0 Å². The van der Waals surface area contributed by atoms with Crippen molar-refractivity contribution in [3.8, 4) is 33.4 Å². The topological polar surface area (TPSA) is 30.2 Å². The van der Waals surface area contributed by atoms with Crippen LogP contribution in [0.4, 0.5) is 0 Å². The molecule has 0 atom stereocenters. The molecule has 162 valence electrons. The highest BCUT2D eigenvalue weighted by Gasteiger charge is 2.24. The summed E-state index contributed by atoms with van der Waals surface area (Å²) < 4.78 is 5.81. The van der Waals surface area contributed by atoms with Gasteiger partial charge in [0, 0.05) is 26.6 Å². The number of rotatable bonds is 3. The van der Waals surface area contributed by atoms with Gasteiger partial charge in [-0.1, -0.05) is 101 Å². The average molecular weight is 512 g/mol. The van der Waals surface area contributed by atoms with Gasteiger partial charge in [-0.2, -0.15) is 0 Å². The van der Waals surface area contributed by atoms with Crippen molar-refractivity contribution in [1.82, 2.24) is 0 Å². The SMILES string of the molecule is O=c1oc2c(Cl)cc(Cl)c(-c3ccccc3)c2c(-c2ccc(Cl)cc2)c1-c1ccc(Cl)cc1. The molecule has 6 heteroatoms. The lowest BCUT2D eigenvalue weighted by Gasteiger charge is -2.17. The molecule has 33 heavy (non-hydrogen) atoms. The van der Waals surface area contributed by atoms with Crippen LogP contribution < -0.4 is 5.63 Å². The number of fused-ring (bicyclic) bond motifs is 1. The summed E-state index contributed by atoms with van der Waals surface area (Å²) in [5, 5.41) is 2.49. The van der Waals surface area contributed by atoms with E-state index in [4.69, 9.17) is 50.8 Å². The quantitative estimate of drug-likeness (QED) is 0.226. The van der Waals surface area contributed by atoms with Crippen LogP contribution in [0, 0.1) is 0 Å². The van der Waals surface area contributed by atoms with Crippen molar-refractivity contribution in [3.05, 3.63) is 115 Å². The van der Waals surface area contributed by atoms with Gasteiger partial charge < -0.3 is 4.42 Å². The lowest BCUT2D eigenvalue weighted by molar-refractivity contribution is 0.564. The molecule has 0 N–H and O–H groups in total. The molecule has 4 aromatic carbocycles. The summed E-state index contributed by atoms with van der Waals surface area (Å²) >= 11 is 25.6. The molecule has 0 radical (unpaired) electrons. The van der Waals surface area contributed by atoms with Crippen molar-refractivity contribution >= 4 is 57.4 Å². The minimum Gasteiger partial charge on any atom is -0.421 e. The minimum atomic E-state index is -0.516. The number of hydrogen-bond acceptors (Lipinski definition) is 2. The van der Waals surface area contributed by atoms with Gasteiger partial charge in [-0.15, -0.1) is 0 Å². The van der Waals surface area contributed by atoms with Crippen molar-refractivity contribution in [2.45, 2.75) is 0 Å². The molecular weight excluding hydrogens is 498 g/mol. The van der Waals surface area contributed by atoms with Crippen LogP contribution in [0.5, 0.6) is 0 Å². The number of halogens is 4.